The van der Waals surface area contributed by atoms with E-state index >= 15 is 0 Å². The van der Waals surface area contributed by atoms with E-state index in [2.05, 4.69) is 15.5 Å². The van der Waals surface area contributed by atoms with Crippen LogP contribution in [-0.2, 0) is 6.42 Å². The molecular weight excluding hydrogens is 268 g/mol. The first-order valence-electron chi connectivity index (χ1n) is 7.01. The van der Waals surface area contributed by atoms with Crippen LogP contribution in [-0.4, -0.2) is 29.3 Å². The van der Waals surface area contributed by atoms with Crippen molar-refractivity contribution in [2.75, 3.05) is 18.9 Å². The lowest BCUT2D eigenvalue weighted by Gasteiger charge is -2.07. The molecule has 4 N–H and O–H groups in total. The standard InChI is InChI=1S/C15H20N4O2/c1-2-6-12-13(16)14(19-18-12)15(20)17-9-10-21-11-7-4-3-5-8-11/h3-5,7-8H,2,6,9-10,16H2,1H3,(H,17,20)(H,18,19). The third kappa shape index (κ3) is 3.98. The maximum absolute atomic E-state index is 12.0. The number of benzene rings is 1. The third-order valence-electron chi connectivity index (χ3n) is 3.00. The van der Waals surface area contributed by atoms with Crippen molar-refractivity contribution < 1.29 is 9.53 Å². The molecule has 0 aliphatic rings. The molecule has 0 atom stereocenters. The number of para-hydroxylation sites is 1. The Morgan fingerprint density at radius 2 is 2.14 bits per heavy atom. The van der Waals surface area contributed by atoms with Crippen molar-refractivity contribution in [1.82, 2.24) is 15.5 Å². The number of hydrogen-bond donors (Lipinski definition) is 3. The number of nitrogens with one attached hydrogen (secondary N) is 2. The predicted molar refractivity (Wildman–Crippen MR) is 81.3 cm³/mol. The van der Waals surface area contributed by atoms with Crippen molar-refractivity contribution in [3.8, 4) is 5.75 Å². The number of anilines is 1. The van der Waals surface area contributed by atoms with Crippen LogP contribution in [0, 0.1) is 0 Å². The molecule has 0 radical (unpaired) electrons. The van der Waals surface area contributed by atoms with Crippen LogP contribution >= 0.6 is 0 Å². The number of nitrogen functional groups attached to an aromatic ring is 1. The number of H-pyrrole nitrogens is 1. The van der Waals surface area contributed by atoms with Crippen molar-refractivity contribution >= 4 is 11.6 Å². The Morgan fingerprint density at radius 1 is 1.38 bits per heavy atom. The Bertz CT molecular complexity index is 581. The van der Waals surface area contributed by atoms with Crippen LogP contribution < -0.4 is 15.8 Å². The highest BCUT2D eigenvalue weighted by Crippen LogP contribution is 2.15. The number of rotatable bonds is 7. The van der Waals surface area contributed by atoms with Gasteiger partial charge < -0.3 is 15.8 Å². The summed E-state index contributed by atoms with van der Waals surface area (Å²) >= 11 is 0. The Labute approximate surface area is 123 Å². The molecule has 0 aliphatic carbocycles. The van der Waals surface area contributed by atoms with Gasteiger partial charge in [0.2, 0.25) is 0 Å². The summed E-state index contributed by atoms with van der Waals surface area (Å²) in [7, 11) is 0. The summed E-state index contributed by atoms with van der Waals surface area (Å²) in [5.41, 5.74) is 7.39. The average Bonchev–Trinajstić information content (AvgIpc) is 2.86. The monoisotopic (exact) mass is 288 g/mol. The summed E-state index contributed by atoms with van der Waals surface area (Å²) < 4.78 is 5.49. The lowest BCUT2D eigenvalue weighted by molar-refractivity contribution is 0.0943. The topological polar surface area (TPSA) is 93.0 Å². The number of aryl methyl sites for hydroxylation is 1. The summed E-state index contributed by atoms with van der Waals surface area (Å²) in [6.07, 6.45) is 1.72. The zero-order valence-corrected chi connectivity index (χ0v) is 12.1. The highest BCUT2D eigenvalue weighted by Gasteiger charge is 2.16. The van der Waals surface area contributed by atoms with E-state index in [1.165, 1.54) is 0 Å². The Morgan fingerprint density at radius 3 is 2.86 bits per heavy atom. The number of aromatic amines is 1. The molecule has 2 rings (SSSR count). The van der Waals surface area contributed by atoms with E-state index in [4.69, 9.17) is 10.5 Å². The second kappa shape index (κ2) is 7.33. The molecule has 6 nitrogen and oxygen atoms in total. The van der Waals surface area contributed by atoms with E-state index < -0.39 is 0 Å². The maximum atomic E-state index is 12.0. The van der Waals surface area contributed by atoms with Crippen LogP contribution in [0.3, 0.4) is 0 Å². The first kappa shape index (κ1) is 14.9. The Balaban J connectivity index is 1.79. The largest absolute Gasteiger partial charge is 0.492 e. The highest BCUT2D eigenvalue weighted by molar-refractivity contribution is 5.97. The first-order valence-corrected chi connectivity index (χ1v) is 7.01. The Kier molecular flexibility index (Phi) is 5.20. The molecular formula is C15H20N4O2. The van der Waals surface area contributed by atoms with Crippen LogP contribution in [0.2, 0.25) is 0 Å². The van der Waals surface area contributed by atoms with Crippen molar-refractivity contribution in [2.24, 2.45) is 0 Å². The number of ether oxygens (including phenoxy) is 1. The van der Waals surface area contributed by atoms with Gasteiger partial charge in [0, 0.05) is 0 Å². The smallest absolute Gasteiger partial charge is 0.274 e. The average molecular weight is 288 g/mol. The highest BCUT2D eigenvalue weighted by atomic mass is 16.5. The molecule has 0 spiro atoms. The minimum Gasteiger partial charge on any atom is -0.492 e. The summed E-state index contributed by atoms with van der Waals surface area (Å²) in [5.74, 6) is 0.485. The number of nitrogens with zero attached hydrogens (tertiary/aromatic N) is 1. The molecule has 0 fully saturated rings. The molecule has 0 unspecified atom stereocenters. The van der Waals surface area contributed by atoms with Crippen LogP contribution in [0.5, 0.6) is 5.75 Å². The van der Waals surface area contributed by atoms with Gasteiger partial charge >= 0.3 is 0 Å². The predicted octanol–water partition coefficient (Wildman–Crippen LogP) is 1.75. The van der Waals surface area contributed by atoms with Crippen molar-refractivity contribution in [3.63, 3.8) is 0 Å². The molecule has 1 aromatic carbocycles. The fourth-order valence-corrected chi connectivity index (χ4v) is 1.93. The quantitative estimate of drug-likeness (QED) is 0.677. The van der Waals surface area contributed by atoms with Gasteiger partial charge in [0.25, 0.3) is 5.91 Å². The summed E-state index contributed by atoms with van der Waals surface area (Å²) in [5, 5.41) is 9.51. The second-order valence-corrected chi connectivity index (χ2v) is 4.63. The fraction of sp³-hybridized carbons (Fsp3) is 0.333. The van der Waals surface area contributed by atoms with Crippen LogP contribution in [0.1, 0.15) is 29.5 Å². The maximum Gasteiger partial charge on any atom is 0.274 e. The summed E-state index contributed by atoms with van der Waals surface area (Å²) in [6.45, 7) is 2.83. The van der Waals surface area contributed by atoms with Crippen molar-refractivity contribution in [1.29, 1.82) is 0 Å². The van der Waals surface area contributed by atoms with Gasteiger partial charge in [0.15, 0.2) is 5.69 Å². The normalized spacial score (nSPS) is 10.3. The van der Waals surface area contributed by atoms with E-state index in [-0.39, 0.29) is 11.6 Å². The number of carbonyl (C=O) groups is 1. The third-order valence-corrected chi connectivity index (χ3v) is 3.00. The second-order valence-electron chi connectivity index (χ2n) is 4.63. The minimum atomic E-state index is -0.289. The number of carbonyl (C=O) groups excluding carboxylic acids is 1. The molecule has 0 bridgehead atoms. The van der Waals surface area contributed by atoms with Crippen molar-refractivity contribution in [3.05, 3.63) is 41.7 Å². The van der Waals surface area contributed by atoms with Crippen LogP contribution in [0.25, 0.3) is 0 Å². The molecule has 0 saturated heterocycles. The molecule has 0 saturated carbocycles. The molecule has 0 aliphatic heterocycles. The molecule has 1 aromatic heterocycles. The van der Waals surface area contributed by atoms with E-state index in [0.717, 1.165) is 24.3 Å². The zero-order valence-electron chi connectivity index (χ0n) is 12.1. The molecule has 112 valence electrons. The van der Waals surface area contributed by atoms with Gasteiger partial charge in [-0.3, -0.25) is 9.89 Å². The fourth-order valence-electron chi connectivity index (χ4n) is 1.93. The van der Waals surface area contributed by atoms with E-state index in [1.54, 1.807) is 0 Å². The molecule has 1 amide bonds. The molecule has 21 heavy (non-hydrogen) atoms. The van der Waals surface area contributed by atoms with Gasteiger partial charge in [-0.15, -0.1) is 0 Å². The lowest BCUT2D eigenvalue weighted by Crippen LogP contribution is -2.29. The zero-order chi connectivity index (χ0) is 15.1. The van der Waals surface area contributed by atoms with Gasteiger partial charge in [0.05, 0.1) is 17.9 Å². The van der Waals surface area contributed by atoms with Crippen LogP contribution in [0.15, 0.2) is 30.3 Å². The lowest BCUT2D eigenvalue weighted by atomic mass is 10.2. The van der Waals surface area contributed by atoms with Crippen LogP contribution in [0.4, 0.5) is 5.69 Å². The first-order chi connectivity index (χ1) is 10.2. The number of amides is 1. The minimum absolute atomic E-state index is 0.248. The number of nitrogens with two attached hydrogens (primary N) is 1. The van der Waals surface area contributed by atoms with Gasteiger partial charge in [-0.05, 0) is 18.6 Å². The number of hydrogen-bond acceptors (Lipinski definition) is 4. The summed E-state index contributed by atoms with van der Waals surface area (Å²) in [6, 6.07) is 9.44. The van der Waals surface area contributed by atoms with E-state index in [0.29, 0.717) is 18.8 Å². The summed E-state index contributed by atoms with van der Waals surface area (Å²) in [4.78, 5) is 12.0. The SMILES string of the molecule is CCCc1[nH]nc(C(=O)NCCOc2ccccc2)c1N. The Hall–Kier alpha value is -2.50. The molecule has 1 heterocycles. The van der Waals surface area contributed by atoms with E-state index in [9.17, 15) is 4.79 Å². The van der Waals surface area contributed by atoms with E-state index in [1.807, 2.05) is 37.3 Å². The molecule has 6 heteroatoms. The van der Waals surface area contributed by atoms with Gasteiger partial charge in [-0.2, -0.15) is 5.10 Å². The van der Waals surface area contributed by atoms with Gasteiger partial charge in [-0.1, -0.05) is 31.5 Å². The van der Waals surface area contributed by atoms with Gasteiger partial charge in [-0.25, -0.2) is 0 Å². The number of aromatic nitrogens is 2. The van der Waals surface area contributed by atoms with Crippen molar-refractivity contribution in [2.45, 2.75) is 19.8 Å². The van der Waals surface area contributed by atoms with Gasteiger partial charge in [0.1, 0.15) is 12.4 Å². The molecule has 2 aromatic rings.